The van der Waals surface area contributed by atoms with Crippen LogP contribution < -0.4 is 10.1 Å². The van der Waals surface area contributed by atoms with Crippen molar-refractivity contribution in [3.63, 3.8) is 0 Å². The maximum absolute atomic E-state index is 11.8. The van der Waals surface area contributed by atoms with E-state index in [1.54, 1.807) is 30.3 Å². The molecular weight excluding hydrogens is 400 g/mol. The summed E-state index contributed by atoms with van der Waals surface area (Å²) in [5.41, 5.74) is 1.05. The molecule has 6 heteroatoms. The van der Waals surface area contributed by atoms with Crippen molar-refractivity contribution in [3.8, 4) is 11.8 Å². The highest BCUT2D eigenvalue weighted by Crippen LogP contribution is 2.22. The number of amides is 1. The highest BCUT2D eigenvalue weighted by Gasteiger charge is 2.08. The average molecular weight is 410 g/mol. The van der Waals surface area contributed by atoms with Crippen LogP contribution in [-0.4, -0.2) is 12.5 Å². The second-order valence-electron chi connectivity index (χ2n) is 4.10. The number of anilines is 1. The molecule has 0 spiro atoms. The van der Waals surface area contributed by atoms with E-state index in [0.29, 0.717) is 17.0 Å². The lowest BCUT2D eigenvalue weighted by atomic mass is 10.2. The molecule has 1 N–H and O–H groups in total. The van der Waals surface area contributed by atoms with Gasteiger partial charge in [0.15, 0.2) is 6.61 Å². The van der Waals surface area contributed by atoms with Crippen LogP contribution in [0.2, 0.25) is 0 Å². The van der Waals surface area contributed by atoms with E-state index in [1.165, 1.54) is 0 Å². The SMILES string of the molecule is N#Cc1cc(Br)ccc1OCC(=O)Nc1cccc(Br)c1. The van der Waals surface area contributed by atoms with Crippen LogP contribution in [0.25, 0.3) is 0 Å². The van der Waals surface area contributed by atoms with E-state index < -0.39 is 0 Å². The van der Waals surface area contributed by atoms with Crippen LogP contribution in [-0.2, 0) is 4.79 Å². The molecule has 1 amide bonds. The molecule has 0 saturated heterocycles. The molecule has 0 bridgehead atoms. The van der Waals surface area contributed by atoms with Gasteiger partial charge in [0.05, 0.1) is 5.56 Å². The summed E-state index contributed by atoms with van der Waals surface area (Å²) in [6.07, 6.45) is 0. The molecule has 0 saturated carbocycles. The maximum atomic E-state index is 11.8. The van der Waals surface area contributed by atoms with E-state index in [-0.39, 0.29) is 12.5 Å². The molecule has 0 aliphatic heterocycles. The van der Waals surface area contributed by atoms with Crippen LogP contribution >= 0.6 is 31.9 Å². The minimum Gasteiger partial charge on any atom is -0.482 e. The van der Waals surface area contributed by atoms with E-state index in [4.69, 9.17) is 10.00 Å². The Morgan fingerprint density at radius 3 is 2.67 bits per heavy atom. The van der Waals surface area contributed by atoms with Crippen LogP contribution in [0.15, 0.2) is 51.4 Å². The quantitative estimate of drug-likeness (QED) is 0.826. The summed E-state index contributed by atoms with van der Waals surface area (Å²) in [4.78, 5) is 11.8. The predicted molar refractivity (Wildman–Crippen MR) is 87.1 cm³/mol. The Kier molecular flexibility index (Phi) is 5.37. The summed E-state index contributed by atoms with van der Waals surface area (Å²) in [5.74, 6) is 0.0880. The van der Waals surface area contributed by atoms with Gasteiger partial charge in [0.2, 0.25) is 0 Å². The molecule has 0 aliphatic carbocycles. The zero-order chi connectivity index (χ0) is 15.2. The summed E-state index contributed by atoms with van der Waals surface area (Å²) in [6, 6.07) is 14.3. The zero-order valence-electron chi connectivity index (χ0n) is 10.8. The lowest BCUT2D eigenvalue weighted by Gasteiger charge is -2.09. The van der Waals surface area contributed by atoms with Crippen molar-refractivity contribution < 1.29 is 9.53 Å². The number of carbonyl (C=O) groups excluding carboxylic acids is 1. The molecule has 0 heterocycles. The van der Waals surface area contributed by atoms with E-state index in [2.05, 4.69) is 37.2 Å². The smallest absolute Gasteiger partial charge is 0.262 e. The van der Waals surface area contributed by atoms with Crippen molar-refractivity contribution in [2.45, 2.75) is 0 Å². The molecule has 2 rings (SSSR count). The van der Waals surface area contributed by atoms with E-state index in [1.807, 2.05) is 18.2 Å². The Labute approximate surface area is 139 Å². The van der Waals surface area contributed by atoms with Gasteiger partial charge < -0.3 is 10.1 Å². The van der Waals surface area contributed by atoms with Crippen molar-refractivity contribution in [1.82, 2.24) is 0 Å². The van der Waals surface area contributed by atoms with E-state index in [0.717, 1.165) is 8.95 Å². The van der Waals surface area contributed by atoms with E-state index >= 15 is 0 Å². The highest BCUT2D eigenvalue weighted by atomic mass is 79.9. The Balaban J connectivity index is 1.97. The number of benzene rings is 2. The molecule has 21 heavy (non-hydrogen) atoms. The van der Waals surface area contributed by atoms with Crippen LogP contribution in [0.4, 0.5) is 5.69 Å². The van der Waals surface area contributed by atoms with Gasteiger partial charge in [-0.1, -0.05) is 37.9 Å². The molecule has 2 aromatic carbocycles. The van der Waals surface area contributed by atoms with Gasteiger partial charge in [-0.25, -0.2) is 0 Å². The zero-order valence-corrected chi connectivity index (χ0v) is 13.9. The predicted octanol–water partition coefficient (Wildman–Crippen LogP) is 4.10. The number of nitrogens with zero attached hydrogens (tertiary/aromatic N) is 1. The van der Waals surface area contributed by atoms with Gasteiger partial charge in [0.25, 0.3) is 5.91 Å². The standard InChI is InChI=1S/C15H10Br2N2O2/c16-11-2-1-3-13(7-11)19-15(20)9-21-14-5-4-12(17)6-10(14)8-18/h1-7H,9H2,(H,19,20). The molecule has 2 aromatic rings. The fourth-order valence-corrected chi connectivity index (χ4v) is 2.38. The fraction of sp³-hybridized carbons (Fsp3) is 0.0667. The van der Waals surface area contributed by atoms with Crippen molar-refractivity contribution in [2.75, 3.05) is 11.9 Å². The second-order valence-corrected chi connectivity index (χ2v) is 5.93. The third-order valence-corrected chi connectivity index (χ3v) is 3.52. The first kappa shape index (κ1) is 15.5. The number of rotatable bonds is 4. The van der Waals surface area contributed by atoms with Crippen LogP contribution in [0.1, 0.15) is 5.56 Å². The second kappa shape index (κ2) is 7.25. The summed E-state index contributed by atoms with van der Waals surface area (Å²) >= 11 is 6.61. The molecule has 0 fully saturated rings. The monoisotopic (exact) mass is 408 g/mol. The molecule has 0 radical (unpaired) electrons. The topological polar surface area (TPSA) is 62.1 Å². The minimum atomic E-state index is -0.292. The molecule has 0 unspecified atom stereocenters. The number of nitrogens with one attached hydrogen (secondary N) is 1. The van der Waals surface area contributed by atoms with Crippen molar-refractivity contribution >= 4 is 43.5 Å². The van der Waals surface area contributed by atoms with Gasteiger partial charge in [0.1, 0.15) is 11.8 Å². The summed E-state index contributed by atoms with van der Waals surface area (Å²) in [5, 5.41) is 11.7. The van der Waals surface area contributed by atoms with Crippen LogP contribution in [0.3, 0.4) is 0 Å². The number of nitriles is 1. The summed E-state index contributed by atoms with van der Waals surface area (Å²) in [6.45, 7) is -0.164. The normalized spacial score (nSPS) is 9.76. The van der Waals surface area contributed by atoms with E-state index in [9.17, 15) is 4.79 Å². The van der Waals surface area contributed by atoms with Gasteiger partial charge in [0, 0.05) is 14.6 Å². The molecule has 106 valence electrons. The Morgan fingerprint density at radius 2 is 1.95 bits per heavy atom. The highest BCUT2D eigenvalue weighted by molar-refractivity contribution is 9.10. The number of hydrogen-bond acceptors (Lipinski definition) is 3. The third kappa shape index (κ3) is 4.59. The minimum absolute atomic E-state index is 0.164. The molecule has 0 aliphatic rings. The largest absolute Gasteiger partial charge is 0.482 e. The van der Waals surface area contributed by atoms with Gasteiger partial charge in [-0.05, 0) is 36.4 Å². The Hall–Kier alpha value is -1.84. The Morgan fingerprint density at radius 1 is 1.19 bits per heavy atom. The van der Waals surface area contributed by atoms with Crippen molar-refractivity contribution in [2.24, 2.45) is 0 Å². The van der Waals surface area contributed by atoms with Gasteiger partial charge >= 0.3 is 0 Å². The number of hydrogen-bond donors (Lipinski definition) is 1. The molecular formula is C15H10Br2N2O2. The Bertz CT molecular complexity index is 711. The average Bonchev–Trinajstić information content (AvgIpc) is 2.45. The lowest BCUT2D eigenvalue weighted by Crippen LogP contribution is -2.20. The number of ether oxygens (including phenoxy) is 1. The number of carbonyl (C=O) groups is 1. The first-order valence-corrected chi connectivity index (χ1v) is 7.55. The van der Waals surface area contributed by atoms with Crippen LogP contribution in [0, 0.1) is 11.3 Å². The van der Waals surface area contributed by atoms with Gasteiger partial charge in [-0.2, -0.15) is 5.26 Å². The maximum Gasteiger partial charge on any atom is 0.262 e. The van der Waals surface area contributed by atoms with Crippen molar-refractivity contribution in [1.29, 1.82) is 5.26 Å². The molecule has 0 atom stereocenters. The first-order valence-electron chi connectivity index (χ1n) is 5.96. The third-order valence-electron chi connectivity index (χ3n) is 2.53. The van der Waals surface area contributed by atoms with Crippen molar-refractivity contribution in [3.05, 3.63) is 57.0 Å². The van der Waals surface area contributed by atoms with Gasteiger partial charge in [-0.15, -0.1) is 0 Å². The van der Waals surface area contributed by atoms with Crippen LogP contribution in [0.5, 0.6) is 5.75 Å². The number of halogens is 2. The summed E-state index contributed by atoms with van der Waals surface area (Å²) < 4.78 is 7.04. The first-order chi connectivity index (χ1) is 10.1. The fourth-order valence-electron chi connectivity index (χ4n) is 1.62. The molecule has 0 aromatic heterocycles. The molecule has 4 nitrogen and oxygen atoms in total. The summed E-state index contributed by atoms with van der Waals surface area (Å²) in [7, 11) is 0. The lowest BCUT2D eigenvalue weighted by molar-refractivity contribution is -0.118. The van der Waals surface area contributed by atoms with Gasteiger partial charge in [-0.3, -0.25) is 4.79 Å².